The minimum Gasteiger partial charge on any atom is -0.392 e. The highest BCUT2D eigenvalue weighted by Gasteiger charge is 2.27. The lowest BCUT2D eigenvalue weighted by molar-refractivity contribution is 0.0133. The average molecular weight is 290 g/mol. The Labute approximate surface area is 124 Å². The van der Waals surface area contributed by atoms with Crippen LogP contribution in [0.25, 0.3) is 10.2 Å². The fraction of sp³-hybridized carbons (Fsp3) is 0.562. The van der Waals surface area contributed by atoms with E-state index in [9.17, 15) is 5.11 Å². The molecule has 1 saturated heterocycles. The van der Waals surface area contributed by atoms with Crippen molar-refractivity contribution < 1.29 is 5.11 Å². The second kappa shape index (κ2) is 5.80. The van der Waals surface area contributed by atoms with Crippen molar-refractivity contribution in [2.45, 2.75) is 38.8 Å². The lowest BCUT2D eigenvalue weighted by Crippen LogP contribution is -2.47. The highest BCUT2D eigenvalue weighted by atomic mass is 32.1. The number of para-hydroxylation sites is 1. The van der Waals surface area contributed by atoms with Crippen LogP contribution in [0.2, 0.25) is 0 Å². The van der Waals surface area contributed by atoms with E-state index in [2.05, 4.69) is 36.9 Å². The van der Waals surface area contributed by atoms with Crippen LogP contribution >= 0.6 is 11.3 Å². The number of thiazole rings is 1. The first-order valence-electron chi connectivity index (χ1n) is 7.40. The SMILES string of the molecule is CC1CCN(C(C)Cc2nc3ccccc3s2)CC1O. The van der Waals surface area contributed by atoms with Crippen LogP contribution in [0.1, 0.15) is 25.3 Å². The summed E-state index contributed by atoms with van der Waals surface area (Å²) in [7, 11) is 0. The number of nitrogens with zero attached hydrogens (tertiary/aromatic N) is 2. The van der Waals surface area contributed by atoms with Crippen LogP contribution in [-0.4, -0.2) is 40.2 Å². The summed E-state index contributed by atoms with van der Waals surface area (Å²) in [6.45, 7) is 6.27. The minimum atomic E-state index is -0.179. The zero-order valence-corrected chi connectivity index (χ0v) is 12.9. The quantitative estimate of drug-likeness (QED) is 0.944. The Hall–Kier alpha value is -0.970. The number of benzene rings is 1. The second-order valence-electron chi connectivity index (χ2n) is 5.96. The first-order valence-corrected chi connectivity index (χ1v) is 8.21. The highest BCUT2D eigenvalue weighted by molar-refractivity contribution is 7.18. The van der Waals surface area contributed by atoms with Gasteiger partial charge in [-0.15, -0.1) is 11.3 Å². The Bertz CT molecular complexity index is 550. The van der Waals surface area contributed by atoms with Crippen LogP contribution in [0, 0.1) is 5.92 Å². The molecular formula is C16H22N2OS. The monoisotopic (exact) mass is 290 g/mol. The molecule has 108 valence electrons. The van der Waals surface area contributed by atoms with E-state index in [-0.39, 0.29) is 6.10 Å². The van der Waals surface area contributed by atoms with Gasteiger partial charge in [0.1, 0.15) is 0 Å². The molecule has 0 saturated carbocycles. The molecular weight excluding hydrogens is 268 g/mol. The van der Waals surface area contributed by atoms with Gasteiger partial charge in [-0.2, -0.15) is 0 Å². The van der Waals surface area contributed by atoms with E-state index in [1.54, 1.807) is 11.3 Å². The lowest BCUT2D eigenvalue weighted by atomic mass is 9.95. The molecule has 1 aliphatic rings. The fourth-order valence-corrected chi connectivity index (χ4v) is 3.95. The maximum Gasteiger partial charge on any atom is 0.0954 e. The number of aromatic nitrogens is 1. The van der Waals surface area contributed by atoms with Crippen LogP contribution < -0.4 is 0 Å². The van der Waals surface area contributed by atoms with Crippen molar-refractivity contribution in [3.8, 4) is 0 Å². The summed E-state index contributed by atoms with van der Waals surface area (Å²) in [5.41, 5.74) is 1.10. The smallest absolute Gasteiger partial charge is 0.0954 e. The van der Waals surface area contributed by atoms with Crippen molar-refractivity contribution in [2.75, 3.05) is 13.1 Å². The van der Waals surface area contributed by atoms with Crippen molar-refractivity contribution in [3.05, 3.63) is 29.3 Å². The van der Waals surface area contributed by atoms with E-state index in [1.807, 2.05) is 6.07 Å². The molecule has 3 atom stereocenters. The van der Waals surface area contributed by atoms with Gasteiger partial charge in [-0.25, -0.2) is 4.98 Å². The molecule has 20 heavy (non-hydrogen) atoms. The van der Waals surface area contributed by atoms with E-state index in [1.165, 1.54) is 9.71 Å². The van der Waals surface area contributed by atoms with Crippen LogP contribution in [-0.2, 0) is 6.42 Å². The molecule has 2 aromatic rings. The number of fused-ring (bicyclic) bond motifs is 1. The average Bonchev–Trinajstić information content (AvgIpc) is 2.83. The highest BCUT2D eigenvalue weighted by Crippen LogP contribution is 2.25. The molecule has 1 aromatic heterocycles. The van der Waals surface area contributed by atoms with Crippen LogP contribution in [0.4, 0.5) is 0 Å². The van der Waals surface area contributed by atoms with Gasteiger partial charge in [0.15, 0.2) is 0 Å². The molecule has 1 fully saturated rings. The van der Waals surface area contributed by atoms with Gasteiger partial charge >= 0.3 is 0 Å². The molecule has 0 aliphatic carbocycles. The van der Waals surface area contributed by atoms with Crippen molar-refractivity contribution in [2.24, 2.45) is 5.92 Å². The first kappa shape index (κ1) is 14.0. The van der Waals surface area contributed by atoms with Gasteiger partial charge in [0, 0.05) is 19.0 Å². The Balaban J connectivity index is 1.67. The molecule has 0 amide bonds. The van der Waals surface area contributed by atoms with Gasteiger partial charge in [-0.05, 0) is 37.9 Å². The van der Waals surface area contributed by atoms with Gasteiger partial charge in [0.2, 0.25) is 0 Å². The number of piperidine rings is 1. The number of likely N-dealkylation sites (tertiary alicyclic amines) is 1. The maximum absolute atomic E-state index is 10.0. The second-order valence-corrected chi connectivity index (χ2v) is 7.07. The summed E-state index contributed by atoms with van der Waals surface area (Å²) in [6.07, 6.45) is 1.88. The number of β-amino-alcohol motifs (C(OH)–C–C–N with tert-alkyl or cyclic N) is 1. The van der Waals surface area contributed by atoms with Gasteiger partial charge in [-0.3, -0.25) is 4.90 Å². The summed E-state index contributed by atoms with van der Waals surface area (Å²) in [6, 6.07) is 8.76. The van der Waals surface area contributed by atoms with E-state index in [0.29, 0.717) is 12.0 Å². The molecule has 0 radical (unpaired) electrons. The van der Waals surface area contributed by atoms with Crippen molar-refractivity contribution in [1.82, 2.24) is 9.88 Å². The third kappa shape index (κ3) is 2.87. The Morgan fingerprint density at radius 2 is 2.25 bits per heavy atom. The Kier molecular flexibility index (Phi) is 4.06. The summed E-state index contributed by atoms with van der Waals surface area (Å²) in [5.74, 6) is 0.431. The zero-order valence-electron chi connectivity index (χ0n) is 12.1. The summed E-state index contributed by atoms with van der Waals surface area (Å²) < 4.78 is 1.27. The fourth-order valence-electron chi connectivity index (χ4n) is 2.86. The summed E-state index contributed by atoms with van der Waals surface area (Å²) >= 11 is 1.79. The lowest BCUT2D eigenvalue weighted by Gasteiger charge is -2.37. The molecule has 3 unspecified atom stereocenters. The van der Waals surface area contributed by atoms with Gasteiger partial charge in [0.25, 0.3) is 0 Å². The van der Waals surface area contributed by atoms with E-state index >= 15 is 0 Å². The topological polar surface area (TPSA) is 36.4 Å². The molecule has 0 spiro atoms. The normalized spacial score (nSPS) is 25.9. The molecule has 3 nitrogen and oxygen atoms in total. The van der Waals surface area contributed by atoms with Gasteiger partial charge in [-0.1, -0.05) is 19.1 Å². The van der Waals surface area contributed by atoms with Gasteiger partial charge in [0.05, 0.1) is 21.3 Å². The third-order valence-electron chi connectivity index (χ3n) is 4.38. The maximum atomic E-state index is 10.0. The van der Waals surface area contributed by atoms with E-state index in [0.717, 1.165) is 31.4 Å². The molecule has 2 heterocycles. The third-order valence-corrected chi connectivity index (χ3v) is 5.44. The largest absolute Gasteiger partial charge is 0.392 e. The number of aliphatic hydroxyl groups excluding tert-OH is 1. The summed E-state index contributed by atoms with van der Waals surface area (Å²) in [5, 5.41) is 11.2. The van der Waals surface area contributed by atoms with E-state index < -0.39 is 0 Å². The molecule has 0 bridgehead atoms. The van der Waals surface area contributed by atoms with Crippen molar-refractivity contribution in [1.29, 1.82) is 0 Å². The molecule has 3 rings (SSSR count). The zero-order chi connectivity index (χ0) is 14.1. The molecule has 1 aromatic carbocycles. The number of hydrogen-bond donors (Lipinski definition) is 1. The van der Waals surface area contributed by atoms with Gasteiger partial charge < -0.3 is 5.11 Å². The minimum absolute atomic E-state index is 0.179. The van der Waals surface area contributed by atoms with Crippen molar-refractivity contribution in [3.63, 3.8) is 0 Å². The van der Waals surface area contributed by atoms with Crippen LogP contribution in [0.3, 0.4) is 0 Å². The first-order chi connectivity index (χ1) is 9.63. The molecule has 1 aliphatic heterocycles. The van der Waals surface area contributed by atoms with Crippen molar-refractivity contribution >= 4 is 21.6 Å². The molecule has 1 N–H and O–H groups in total. The molecule has 4 heteroatoms. The number of rotatable bonds is 3. The van der Waals surface area contributed by atoms with Crippen LogP contribution in [0.5, 0.6) is 0 Å². The van der Waals surface area contributed by atoms with E-state index in [4.69, 9.17) is 4.98 Å². The predicted molar refractivity (Wildman–Crippen MR) is 84.1 cm³/mol. The Morgan fingerprint density at radius 1 is 1.45 bits per heavy atom. The standard InChI is InChI=1S/C16H22N2OS/c1-11-7-8-18(10-14(11)19)12(2)9-16-17-13-5-3-4-6-15(13)20-16/h3-6,11-12,14,19H,7-10H2,1-2H3. The number of hydrogen-bond acceptors (Lipinski definition) is 4. The summed E-state index contributed by atoms with van der Waals surface area (Å²) in [4.78, 5) is 7.11. The van der Waals surface area contributed by atoms with Crippen LogP contribution in [0.15, 0.2) is 24.3 Å². The number of aliphatic hydroxyl groups is 1. The predicted octanol–water partition coefficient (Wildman–Crippen LogP) is 2.93. The Morgan fingerprint density at radius 3 is 3.00 bits per heavy atom.